The van der Waals surface area contributed by atoms with Gasteiger partial charge in [0.2, 0.25) is 5.78 Å². The average Bonchev–Trinajstić information content (AvgIpc) is 3.90. The summed E-state index contributed by atoms with van der Waals surface area (Å²) in [5, 5.41) is 0. The molecule has 246 valence electrons. The van der Waals surface area contributed by atoms with E-state index in [2.05, 4.69) is 176 Å². The molecule has 7 aromatic carbocycles. The largest absolute Gasteiger partial charge is 0.458 e. The van der Waals surface area contributed by atoms with Crippen molar-refractivity contribution in [3.63, 3.8) is 0 Å². The minimum atomic E-state index is 0.730. The second-order valence-electron chi connectivity index (χ2n) is 12.7. The second kappa shape index (κ2) is 12.3. The minimum absolute atomic E-state index is 0.730. The fourth-order valence-electron chi connectivity index (χ4n) is 7.14. The van der Waals surface area contributed by atoms with Gasteiger partial charge in [-0.25, -0.2) is 4.98 Å². The molecule has 0 spiro atoms. The van der Waals surface area contributed by atoms with Crippen LogP contribution in [0.3, 0.4) is 0 Å². The molecule has 6 nitrogen and oxygen atoms in total. The molecule has 0 radical (unpaired) electrons. The van der Waals surface area contributed by atoms with Gasteiger partial charge < -0.3 is 4.74 Å². The van der Waals surface area contributed by atoms with Crippen LogP contribution < -0.4 is 9.30 Å². The van der Waals surface area contributed by atoms with Crippen molar-refractivity contribution < 1.29 is 9.30 Å². The van der Waals surface area contributed by atoms with E-state index in [1.165, 1.54) is 0 Å². The van der Waals surface area contributed by atoms with Crippen LogP contribution in [-0.4, -0.2) is 18.5 Å². The highest BCUT2D eigenvalue weighted by Crippen LogP contribution is 2.32. The number of para-hydroxylation sites is 6. The fraction of sp³-hybridized carbons (Fsp3) is 0. The summed E-state index contributed by atoms with van der Waals surface area (Å²) in [6.07, 6.45) is 5.76. The predicted octanol–water partition coefficient (Wildman–Crippen LogP) is 10.4. The zero-order valence-corrected chi connectivity index (χ0v) is 28.0. The molecule has 0 aliphatic rings. The normalized spacial score (nSPS) is 11.5. The van der Waals surface area contributed by atoms with E-state index in [1.807, 2.05) is 36.4 Å². The first-order chi connectivity index (χ1) is 25.8. The molecule has 0 unspecified atom stereocenters. The molecule has 10 aromatic rings. The Hall–Kier alpha value is -7.18. The molecule has 0 aliphatic heterocycles. The molecular weight excluding hydrogens is 639 g/mol. The SMILES string of the molecule is [c-]1n(-c2cccc(Oc3cccc(-c4cn5c6ccccc6n(-c6ccccc6)c5n4)c3)c2)c2ccccc2[n+]1-c1ccccc1-c1ccccc1. The van der Waals surface area contributed by atoms with Crippen molar-refractivity contribution in [2.45, 2.75) is 0 Å². The fourth-order valence-corrected chi connectivity index (χ4v) is 7.14. The number of ether oxygens (including phenoxy) is 1. The van der Waals surface area contributed by atoms with E-state index in [1.54, 1.807) is 0 Å². The first kappa shape index (κ1) is 29.7. The van der Waals surface area contributed by atoms with E-state index in [0.717, 1.165) is 78.8 Å². The van der Waals surface area contributed by atoms with Gasteiger partial charge in [-0.15, -0.1) is 0 Å². The van der Waals surface area contributed by atoms with Crippen molar-refractivity contribution in [3.8, 4) is 50.9 Å². The Labute approximate surface area is 300 Å². The van der Waals surface area contributed by atoms with E-state index >= 15 is 0 Å². The Kier molecular flexibility index (Phi) is 7.03. The van der Waals surface area contributed by atoms with Gasteiger partial charge in [-0.3, -0.25) is 18.1 Å². The molecule has 0 saturated carbocycles. The van der Waals surface area contributed by atoms with E-state index in [-0.39, 0.29) is 0 Å². The topological polar surface area (TPSA) is 40.3 Å². The average molecular weight is 670 g/mol. The quantitative estimate of drug-likeness (QED) is 0.125. The van der Waals surface area contributed by atoms with E-state index in [9.17, 15) is 0 Å². The van der Waals surface area contributed by atoms with Crippen molar-refractivity contribution in [1.29, 1.82) is 0 Å². The maximum absolute atomic E-state index is 6.53. The van der Waals surface area contributed by atoms with E-state index in [4.69, 9.17) is 9.72 Å². The maximum Gasteiger partial charge on any atom is 0.269 e. The van der Waals surface area contributed by atoms with Gasteiger partial charge >= 0.3 is 0 Å². The van der Waals surface area contributed by atoms with E-state index < -0.39 is 0 Å². The van der Waals surface area contributed by atoms with Crippen LogP contribution in [0.4, 0.5) is 0 Å². The molecule has 6 heteroatoms. The van der Waals surface area contributed by atoms with Crippen molar-refractivity contribution in [2.24, 2.45) is 0 Å². The highest BCUT2D eigenvalue weighted by molar-refractivity contribution is 5.85. The molecule has 3 heterocycles. The number of rotatable bonds is 7. The summed E-state index contributed by atoms with van der Waals surface area (Å²) in [5.74, 6) is 2.32. The predicted molar refractivity (Wildman–Crippen MR) is 207 cm³/mol. The summed E-state index contributed by atoms with van der Waals surface area (Å²) in [7, 11) is 0. The van der Waals surface area contributed by atoms with Crippen molar-refractivity contribution in [1.82, 2.24) is 18.5 Å². The maximum atomic E-state index is 6.53. The molecule has 0 N–H and O–H groups in total. The summed E-state index contributed by atoms with van der Waals surface area (Å²) >= 11 is 0. The van der Waals surface area contributed by atoms with Gasteiger partial charge in [-0.2, -0.15) is 0 Å². The lowest BCUT2D eigenvalue weighted by Crippen LogP contribution is -2.30. The summed E-state index contributed by atoms with van der Waals surface area (Å²) in [6, 6.07) is 62.4. The molecule has 0 aliphatic carbocycles. The Balaban J connectivity index is 1.00. The van der Waals surface area contributed by atoms with Gasteiger partial charge in [-0.1, -0.05) is 121 Å². The second-order valence-corrected chi connectivity index (χ2v) is 12.7. The van der Waals surface area contributed by atoms with Gasteiger partial charge in [-0.05, 0) is 71.8 Å². The Bertz CT molecular complexity index is 2880. The van der Waals surface area contributed by atoms with Crippen LogP contribution in [0.1, 0.15) is 0 Å². The first-order valence-electron chi connectivity index (χ1n) is 17.3. The Morgan fingerprint density at radius 3 is 2.00 bits per heavy atom. The molecule has 3 aromatic heterocycles. The third-order valence-corrected chi connectivity index (χ3v) is 9.52. The number of hydrogen-bond acceptors (Lipinski definition) is 2. The number of nitrogens with zero attached hydrogens (tertiary/aromatic N) is 5. The van der Waals surface area contributed by atoms with Gasteiger partial charge in [0.15, 0.2) is 0 Å². The Morgan fingerprint density at radius 2 is 1.15 bits per heavy atom. The molecule has 0 fully saturated rings. The number of fused-ring (bicyclic) bond motifs is 4. The van der Waals surface area contributed by atoms with Crippen LogP contribution in [0.15, 0.2) is 188 Å². The van der Waals surface area contributed by atoms with Crippen LogP contribution in [-0.2, 0) is 0 Å². The van der Waals surface area contributed by atoms with Crippen molar-refractivity contribution >= 4 is 27.8 Å². The van der Waals surface area contributed by atoms with Crippen LogP contribution >= 0.6 is 0 Å². The third kappa shape index (κ3) is 5.05. The van der Waals surface area contributed by atoms with Crippen molar-refractivity contribution in [2.75, 3.05) is 0 Å². The third-order valence-electron chi connectivity index (χ3n) is 9.52. The lowest BCUT2D eigenvalue weighted by Gasteiger charge is -2.11. The van der Waals surface area contributed by atoms with Crippen LogP contribution in [0, 0.1) is 6.33 Å². The molecular formula is C46H31N5O. The lowest BCUT2D eigenvalue weighted by atomic mass is 10.0. The molecule has 0 amide bonds. The van der Waals surface area contributed by atoms with Crippen LogP contribution in [0.5, 0.6) is 11.5 Å². The number of hydrogen-bond donors (Lipinski definition) is 0. The highest BCUT2D eigenvalue weighted by atomic mass is 16.5. The van der Waals surface area contributed by atoms with Crippen molar-refractivity contribution in [3.05, 3.63) is 195 Å². The molecule has 10 rings (SSSR count). The monoisotopic (exact) mass is 669 g/mol. The smallest absolute Gasteiger partial charge is 0.269 e. The number of aromatic nitrogens is 5. The van der Waals surface area contributed by atoms with Crippen LogP contribution in [0.2, 0.25) is 0 Å². The first-order valence-corrected chi connectivity index (χ1v) is 17.3. The summed E-state index contributed by atoms with van der Waals surface area (Å²) in [6.45, 7) is 0. The Morgan fingerprint density at radius 1 is 0.519 bits per heavy atom. The highest BCUT2D eigenvalue weighted by Gasteiger charge is 2.18. The molecule has 0 saturated heterocycles. The van der Waals surface area contributed by atoms with Gasteiger partial charge in [0, 0.05) is 17.4 Å². The van der Waals surface area contributed by atoms with E-state index in [0.29, 0.717) is 0 Å². The van der Waals surface area contributed by atoms with Gasteiger partial charge in [0.05, 0.1) is 39.1 Å². The zero-order chi connectivity index (χ0) is 34.4. The zero-order valence-electron chi connectivity index (χ0n) is 28.0. The standard InChI is InChI=1S/C46H31N5O/c1-3-15-33(16-4-1)39-23-7-8-24-41(39)50-32-49(42-25-9-10-26-43(42)50)36-20-14-22-38(30-36)52-37-21-13-17-34(29-37)40-31-48-44-27-11-12-28-45(44)51(46(48)47-40)35-18-5-2-6-19-35/h1-31H. The molecule has 0 atom stereocenters. The number of imidazole rings is 3. The summed E-state index contributed by atoms with van der Waals surface area (Å²) in [5.41, 5.74) is 11.6. The summed E-state index contributed by atoms with van der Waals surface area (Å²) < 4.78 is 15.1. The van der Waals surface area contributed by atoms with Gasteiger partial charge in [0.25, 0.3) is 6.33 Å². The molecule has 0 bridgehead atoms. The summed E-state index contributed by atoms with van der Waals surface area (Å²) in [4.78, 5) is 5.14. The van der Waals surface area contributed by atoms with Gasteiger partial charge in [0.1, 0.15) is 11.5 Å². The van der Waals surface area contributed by atoms with Crippen LogP contribution in [0.25, 0.3) is 67.3 Å². The lowest BCUT2D eigenvalue weighted by molar-refractivity contribution is -0.571. The molecule has 52 heavy (non-hydrogen) atoms. The minimum Gasteiger partial charge on any atom is -0.458 e. The number of benzene rings is 7.